The fraction of sp³-hybridized carbons (Fsp3) is 0.500. The van der Waals surface area contributed by atoms with Crippen molar-refractivity contribution in [1.82, 2.24) is 0 Å². The summed E-state index contributed by atoms with van der Waals surface area (Å²) in [5, 5.41) is 23.6. The van der Waals surface area contributed by atoms with E-state index in [0.717, 1.165) is 22.3 Å². The molecule has 0 bridgehead atoms. The number of benzene rings is 1. The second-order valence-corrected chi connectivity index (χ2v) is 9.56. The van der Waals surface area contributed by atoms with Gasteiger partial charge in [-0.3, -0.25) is 9.59 Å². The van der Waals surface area contributed by atoms with E-state index in [1.807, 2.05) is 31.2 Å². The third kappa shape index (κ3) is 5.56. The Labute approximate surface area is 187 Å². The average molecular weight is 448 g/mol. The number of carbonyl (C=O) groups is 2. The van der Waals surface area contributed by atoms with Crippen LogP contribution < -0.4 is 5.32 Å². The third-order valence-electron chi connectivity index (χ3n) is 5.84. The molecule has 3 atom stereocenters. The maximum Gasteiger partial charge on any atom is 0.309 e. The summed E-state index contributed by atoms with van der Waals surface area (Å²) in [4.78, 5) is 23.2. The average Bonchev–Trinajstić information content (AvgIpc) is 2.61. The predicted octanol–water partition coefficient (Wildman–Crippen LogP) is 4.16. The Morgan fingerprint density at radius 1 is 1.26 bits per heavy atom. The molecule has 0 radical (unpaired) electrons. The van der Waals surface area contributed by atoms with Gasteiger partial charge < -0.3 is 20.3 Å². The number of amides is 1. The second kappa shape index (κ2) is 9.15. The number of allylic oxidation sites excluding steroid dienone is 2. The first kappa shape index (κ1) is 23.5. The molecule has 1 saturated heterocycles. The molecule has 168 valence electrons. The van der Waals surface area contributed by atoms with Gasteiger partial charge in [0.15, 0.2) is 0 Å². The van der Waals surface area contributed by atoms with Crippen molar-refractivity contribution in [2.75, 3.05) is 5.32 Å². The fourth-order valence-corrected chi connectivity index (χ4v) is 4.82. The molecule has 1 aliphatic heterocycles. The van der Waals surface area contributed by atoms with Gasteiger partial charge in [-0.1, -0.05) is 31.5 Å². The molecule has 3 rings (SSSR count). The number of ether oxygens (including phenoxy) is 1. The molecule has 1 fully saturated rings. The van der Waals surface area contributed by atoms with Crippen LogP contribution in [0.4, 0.5) is 5.69 Å². The van der Waals surface area contributed by atoms with E-state index in [-0.39, 0.29) is 17.7 Å². The van der Waals surface area contributed by atoms with Crippen LogP contribution in [0, 0.1) is 12.3 Å². The lowest BCUT2D eigenvalue weighted by molar-refractivity contribution is -0.156. The highest BCUT2D eigenvalue weighted by Gasteiger charge is 2.34. The topological polar surface area (TPSA) is 95.9 Å². The summed E-state index contributed by atoms with van der Waals surface area (Å²) in [5.41, 5.74) is 3.95. The molecule has 1 amide bonds. The van der Waals surface area contributed by atoms with E-state index in [1.54, 1.807) is 0 Å². The zero-order chi connectivity index (χ0) is 22.9. The number of hydrogen-bond donors (Lipinski definition) is 3. The molecule has 1 aromatic rings. The van der Waals surface area contributed by atoms with E-state index in [2.05, 4.69) is 19.2 Å². The SMILES string of the molecule is CC(=O)Nc1c(C)cc(C2=C(C=CC3CC(O)CC(=O)O3)C(C)(C)CC(O)C2)cc1Cl. The van der Waals surface area contributed by atoms with Crippen molar-refractivity contribution in [3.63, 3.8) is 0 Å². The highest BCUT2D eigenvalue weighted by molar-refractivity contribution is 6.34. The Morgan fingerprint density at radius 3 is 2.58 bits per heavy atom. The van der Waals surface area contributed by atoms with Crippen LogP contribution in [0.3, 0.4) is 0 Å². The number of carbonyl (C=O) groups excluding carboxylic acids is 2. The van der Waals surface area contributed by atoms with Crippen molar-refractivity contribution in [2.45, 2.75) is 71.7 Å². The molecule has 6 nitrogen and oxygen atoms in total. The summed E-state index contributed by atoms with van der Waals surface area (Å²) in [6, 6.07) is 3.76. The first-order chi connectivity index (χ1) is 14.5. The quantitative estimate of drug-likeness (QED) is 0.602. The Bertz CT molecular complexity index is 926. The number of cyclic esters (lactones) is 1. The summed E-state index contributed by atoms with van der Waals surface area (Å²) in [7, 11) is 0. The van der Waals surface area contributed by atoms with Gasteiger partial charge in [0.25, 0.3) is 0 Å². The van der Waals surface area contributed by atoms with Crippen LogP contribution in [0.1, 0.15) is 57.6 Å². The van der Waals surface area contributed by atoms with Crippen molar-refractivity contribution < 1.29 is 24.5 Å². The number of aliphatic hydroxyl groups excluding tert-OH is 2. The monoisotopic (exact) mass is 447 g/mol. The largest absolute Gasteiger partial charge is 0.458 e. The van der Waals surface area contributed by atoms with E-state index >= 15 is 0 Å². The second-order valence-electron chi connectivity index (χ2n) is 9.15. The van der Waals surface area contributed by atoms with Crippen molar-refractivity contribution in [2.24, 2.45) is 5.41 Å². The van der Waals surface area contributed by atoms with Gasteiger partial charge in [0, 0.05) is 13.3 Å². The number of halogens is 1. The van der Waals surface area contributed by atoms with E-state index in [1.165, 1.54) is 6.92 Å². The van der Waals surface area contributed by atoms with Crippen molar-refractivity contribution >= 4 is 34.7 Å². The number of anilines is 1. The normalized spacial score (nSPS) is 26.2. The number of aryl methyl sites for hydroxylation is 1. The van der Waals surface area contributed by atoms with Gasteiger partial charge in [-0.15, -0.1) is 0 Å². The Hall–Kier alpha value is -2.15. The predicted molar refractivity (Wildman–Crippen MR) is 121 cm³/mol. The van der Waals surface area contributed by atoms with Crippen molar-refractivity contribution in [3.8, 4) is 0 Å². The van der Waals surface area contributed by atoms with Crippen LogP contribution >= 0.6 is 11.6 Å². The molecule has 1 heterocycles. The standard InChI is InChI=1S/C24H30ClNO5/c1-13-7-15(8-21(25)23(13)26-14(2)27)19-10-17(29)12-24(3,4)20(19)6-5-18-9-16(28)11-22(30)31-18/h5-8,16-18,28-29H,9-12H2,1-4H3,(H,26,27). The van der Waals surface area contributed by atoms with E-state index in [9.17, 15) is 19.8 Å². The van der Waals surface area contributed by atoms with Crippen molar-refractivity contribution in [3.05, 3.63) is 46.0 Å². The molecule has 1 aromatic carbocycles. The molecule has 31 heavy (non-hydrogen) atoms. The Morgan fingerprint density at radius 2 is 1.97 bits per heavy atom. The molecule has 3 N–H and O–H groups in total. The van der Waals surface area contributed by atoms with Crippen LogP contribution in [0.2, 0.25) is 5.02 Å². The summed E-state index contributed by atoms with van der Waals surface area (Å²) in [6.07, 6.45) is 3.53. The van der Waals surface area contributed by atoms with Crippen LogP contribution in [0.25, 0.3) is 5.57 Å². The van der Waals surface area contributed by atoms with E-state index in [0.29, 0.717) is 30.0 Å². The number of hydrogen-bond acceptors (Lipinski definition) is 5. The van der Waals surface area contributed by atoms with Gasteiger partial charge in [-0.25, -0.2) is 0 Å². The fourth-order valence-electron chi connectivity index (χ4n) is 4.51. The lowest BCUT2D eigenvalue weighted by atomic mass is 9.69. The van der Waals surface area contributed by atoms with Crippen LogP contribution in [-0.4, -0.2) is 40.4 Å². The maximum absolute atomic E-state index is 11.7. The first-order valence-corrected chi connectivity index (χ1v) is 10.9. The van der Waals surface area contributed by atoms with Crippen molar-refractivity contribution in [1.29, 1.82) is 0 Å². The zero-order valence-electron chi connectivity index (χ0n) is 18.4. The summed E-state index contributed by atoms with van der Waals surface area (Å²) < 4.78 is 5.35. The summed E-state index contributed by atoms with van der Waals surface area (Å²) in [6.45, 7) is 7.45. The summed E-state index contributed by atoms with van der Waals surface area (Å²) >= 11 is 6.48. The van der Waals surface area contributed by atoms with Crippen LogP contribution in [0.5, 0.6) is 0 Å². The highest BCUT2D eigenvalue weighted by Crippen LogP contribution is 2.46. The number of aliphatic hydroxyl groups is 2. The minimum Gasteiger partial charge on any atom is -0.458 e. The third-order valence-corrected chi connectivity index (χ3v) is 6.14. The van der Waals surface area contributed by atoms with Crippen LogP contribution in [0.15, 0.2) is 29.9 Å². The van der Waals surface area contributed by atoms with Crippen LogP contribution in [-0.2, 0) is 14.3 Å². The van der Waals surface area contributed by atoms with Gasteiger partial charge in [0.1, 0.15) is 6.10 Å². The lowest BCUT2D eigenvalue weighted by Gasteiger charge is -2.37. The summed E-state index contributed by atoms with van der Waals surface area (Å²) in [5.74, 6) is -0.601. The molecular formula is C24H30ClNO5. The Kier molecular flexibility index (Phi) is 6.94. The highest BCUT2D eigenvalue weighted by atomic mass is 35.5. The van der Waals surface area contributed by atoms with Gasteiger partial charge in [0.2, 0.25) is 5.91 Å². The molecular weight excluding hydrogens is 418 g/mol. The minimum atomic E-state index is -0.701. The van der Waals surface area contributed by atoms with Gasteiger partial charge in [0.05, 0.1) is 29.3 Å². The first-order valence-electron chi connectivity index (χ1n) is 10.5. The zero-order valence-corrected chi connectivity index (χ0v) is 19.1. The molecule has 0 saturated carbocycles. The molecule has 0 aromatic heterocycles. The molecule has 0 spiro atoms. The molecule has 2 aliphatic rings. The number of nitrogens with one attached hydrogen (secondary N) is 1. The number of rotatable bonds is 4. The lowest BCUT2D eigenvalue weighted by Crippen LogP contribution is -2.32. The number of esters is 1. The minimum absolute atomic E-state index is 0.0222. The molecule has 3 unspecified atom stereocenters. The van der Waals surface area contributed by atoms with E-state index < -0.39 is 24.3 Å². The van der Waals surface area contributed by atoms with E-state index in [4.69, 9.17) is 16.3 Å². The maximum atomic E-state index is 11.7. The Balaban J connectivity index is 2.04. The van der Waals surface area contributed by atoms with Gasteiger partial charge in [-0.2, -0.15) is 0 Å². The van der Waals surface area contributed by atoms with Gasteiger partial charge in [-0.05, 0) is 65.7 Å². The molecule has 7 heteroatoms. The van der Waals surface area contributed by atoms with Gasteiger partial charge >= 0.3 is 5.97 Å². The smallest absolute Gasteiger partial charge is 0.309 e. The molecule has 1 aliphatic carbocycles.